The normalized spacial score (nSPS) is 10.5. The third kappa shape index (κ3) is 2.81. The Kier molecular flexibility index (Phi) is 3.38. The zero-order valence-electron chi connectivity index (χ0n) is 10.2. The standard InChI is InChI=1S/C14H16N2O/c1-10-13(16-11(2)15-10)8-9-14(17)12-6-4-3-5-7-12/h3-7H,8-9H2,1-2H3,(H,15,16). The van der Waals surface area contributed by atoms with E-state index in [-0.39, 0.29) is 5.78 Å². The van der Waals surface area contributed by atoms with Gasteiger partial charge in [0.05, 0.1) is 5.69 Å². The predicted octanol–water partition coefficient (Wildman–Crippen LogP) is 2.84. The smallest absolute Gasteiger partial charge is 0.163 e. The van der Waals surface area contributed by atoms with Crippen molar-refractivity contribution in [3.63, 3.8) is 0 Å². The SMILES string of the molecule is Cc1nc(CCC(=O)c2ccccc2)c(C)[nH]1. The first-order valence-electron chi connectivity index (χ1n) is 5.77. The van der Waals surface area contributed by atoms with E-state index in [1.807, 2.05) is 44.2 Å². The van der Waals surface area contributed by atoms with Crippen molar-refractivity contribution in [2.45, 2.75) is 26.7 Å². The molecule has 0 atom stereocenters. The fourth-order valence-electron chi connectivity index (χ4n) is 1.90. The Bertz CT molecular complexity index is 514. The molecule has 0 aliphatic rings. The highest BCUT2D eigenvalue weighted by atomic mass is 16.1. The monoisotopic (exact) mass is 228 g/mol. The van der Waals surface area contributed by atoms with Gasteiger partial charge in [0, 0.05) is 17.7 Å². The van der Waals surface area contributed by atoms with Crippen molar-refractivity contribution in [1.82, 2.24) is 9.97 Å². The number of aromatic nitrogens is 2. The maximum atomic E-state index is 11.9. The van der Waals surface area contributed by atoms with E-state index in [2.05, 4.69) is 9.97 Å². The number of hydrogen-bond donors (Lipinski definition) is 1. The van der Waals surface area contributed by atoms with Crippen LogP contribution >= 0.6 is 0 Å². The fourth-order valence-corrected chi connectivity index (χ4v) is 1.90. The Morgan fingerprint density at radius 3 is 2.53 bits per heavy atom. The summed E-state index contributed by atoms with van der Waals surface area (Å²) in [5.74, 6) is 1.08. The summed E-state index contributed by atoms with van der Waals surface area (Å²) in [6.45, 7) is 3.91. The Balaban J connectivity index is 1.99. The van der Waals surface area contributed by atoms with Crippen LogP contribution in [0.25, 0.3) is 0 Å². The van der Waals surface area contributed by atoms with Crippen LogP contribution in [-0.2, 0) is 6.42 Å². The average Bonchev–Trinajstić information content (AvgIpc) is 2.66. The summed E-state index contributed by atoms with van der Waals surface area (Å²) in [6, 6.07) is 9.39. The number of imidazole rings is 1. The van der Waals surface area contributed by atoms with E-state index in [1.165, 1.54) is 0 Å². The minimum atomic E-state index is 0.172. The number of carbonyl (C=O) groups is 1. The summed E-state index contributed by atoms with van der Waals surface area (Å²) in [7, 11) is 0. The van der Waals surface area contributed by atoms with Crippen LogP contribution in [0.5, 0.6) is 0 Å². The Morgan fingerprint density at radius 1 is 1.24 bits per heavy atom. The van der Waals surface area contributed by atoms with Crippen LogP contribution in [-0.4, -0.2) is 15.8 Å². The molecule has 0 unspecified atom stereocenters. The number of aromatic amines is 1. The zero-order chi connectivity index (χ0) is 12.3. The largest absolute Gasteiger partial charge is 0.346 e. The first kappa shape index (κ1) is 11.6. The number of nitrogens with zero attached hydrogens (tertiary/aromatic N) is 1. The number of benzene rings is 1. The maximum absolute atomic E-state index is 11.9. The summed E-state index contributed by atoms with van der Waals surface area (Å²) in [6.07, 6.45) is 1.21. The number of rotatable bonds is 4. The van der Waals surface area contributed by atoms with Gasteiger partial charge in [-0.2, -0.15) is 0 Å². The van der Waals surface area contributed by atoms with E-state index in [0.717, 1.165) is 22.8 Å². The molecule has 2 aromatic rings. The molecule has 0 radical (unpaired) electrons. The van der Waals surface area contributed by atoms with E-state index in [1.54, 1.807) is 0 Å². The first-order chi connectivity index (χ1) is 8.16. The van der Waals surface area contributed by atoms with Gasteiger partial charge in [-0.25, -0.2) is 4.98 Å². The van der Waals surface area contributed by atoms with Gasteiger partial charge in [-0.15, -0.1) is 0 Å². The van der Waals surface area contributed by atoms with Crippen LogP contribution in [0.15, 0.2) is 30.3 Å². The van der Waals surface area contributed by atoms with E-state index < -0.39 is 0 Å². The number of carbonyl (C=O) groups excluding carboxylic acids is 1. The third-order valence-corrected chi connectivity index (χ3v) is 2.79. The van der Waals surface area contributed by atoms with Gasteiger partial charge in [-0.3, -0.25) is 4.79 Å². The van der Waals surface area contributed by atoms with E-state index in [4.69, 9.17) is 0 Å². The van der Waals surface area contributed by atoms with Crippen molar-refractivity contribution in [3.05, 3.63) is 53.1 Å². The van der Waals surface area contributed by atoms with Crippen LogP contribution in [0, 0.1) is 13.8 Å². The number of H-pyrrole nitrogens is 1. The molecule has 1 aromatic heterocycles. The second-order valence-corrected chi connectivity index (χ2v) is 4.18. The molecule has 3 heteroatoms. The highest BCUT2D eigenvalue weighted by Crippen LogP contribution is 2.10. The number of aryl methyl sites for hydroxylation is 3. The van der Waals surface area contributed by atoms with E-state index in [0.29, 0.717) is 12.8 Å². The molecule has 2 rings (SSSR count). The molecule has 0 bridgehead atoms. The van der Waals surface area contributed by atoms with E-state index >= 15 is 0 Å². The summed E-state index contributed by atoms with van der Waals surface area (Å²) in [5, 5.41) is 0. The molecule has 88 valence electrons. The second-order valence-electron chi connectivity index (χ2n) is 4.18. The molecule has 0 saturated heterocycles. The molecular formula is C14H16N2O. The van der Waals surface area contributed by atoms with E-state index in [9.17, 15) is 4.79 Å². The van der Waals surface area contributed by atoms with Crippen molar-refractivity contribution >= 4 is 5.78 Å². The molecule has 0 spiro atoms. The molecule has 3 nitrogen and oxygen atoms in total. The lowest BCUT2D eigenvalue weighted by atomic mass is 10.1. The van der Waals surface area contributed by atoms with Gasteiger partial charge >= 0.3 is 0 Å². The molecular weight excluding hydrogens is 212 g/mol. The minimum Gasteiger partial charge on any atom is -0.346 e. The second kappa shape index (κ2) is 4.95. The number of hydrogen-bond acceptors (Lipinski definition) is 2. The van der Waals surface area contributed by atoms with Gasteiger partial charge in [0.25, 0.3) is 0 Å². The Hall–Kier alpha value is -1.90. The molecule has 17 heavy (non-hydrogen) atoms. The lowest BCUT2D eigenvalue weighted by Crippen LogP contribution is -2.01. The molecule has 0 aliphatic carbocycles. The first-order valence-corrected chi connectivity index (χ1v) is 5.77. The van der Waals surface area contributed by atoms with Gasteiger partial charge in [0.2, 0.25) is 0 Å². The van der Waals surface area contributed by atoms with Crippen molar-refractivity contribution in [2.24, 2.45) is 0 Å². The minimum absolute atomic E-state index is 0.172. The average molecular weight is 228 g/mol. The molecule has 0 saturated carbocycles. The molecule has 1 aromatic carbocycles. The highest BCUT2D eigenvalue weighted by Gasteiger charge is 2.09. The summed E-state index contributed by atoms with van der Waals surface area (Å²) in [5.41, 5.74) is 2.83. The van der Waals surface area contributed by atoms with Crippen molar-refractivity contribution in [2.75, 3.05) is 0 Å². The van der Waals surface area contributed by atoms with Crippen LogP contribution in [0.2, 0.25) is 0 Å². The molecule has 1 N–H and O–H groups in total. The predicted molar refractivity (Wildman–Crippen MR) is 67.2 cm³/mol. The lowest BCUT2D eigenvalue weighted by Gasteiger charge is -2.00. The van der Waals surface area contributed by atoms with Gasteiger partial charge in [0.1, 0.15) is 5.82 Å². The van der Waals surface area contributed by atoms with Gasteiger partial charge in [-0.05, 0) is 20.3 Å². The van der Waals surface area contributed by atoms with Crippen LogP contribution < -0.4 is 0 Å². The lowest BCUT2D eigenvalue weighted by molar-refractivity contribution is 0.0982. The number of ketones is 1. The quantitative estimate of drug-likeness (QED) is 0.818. The van der Waals surface area contributed by atoms with Gasteiger partial charge in [0.15, 0.2) is 5.78 Å². The molecule has 0 aliphatic heterocycles. The number of Topliss-reactive ketones (excluding diaryl/α,β-unsaturated/α-hetero) is 1. The van der Waals surface area contributed by atoms with Crippen molar-refractivity contribution < 1.29 is 4.79 Å². The van der Waals surface area contributed by atoms with Crippen molar-refractivity contribution in [3.8, 4) is 0 Å². The molecule has 1 heterocycles. The van der Waals surface area contributed by atoms with Crippen LogP contribution in [0.1, 0.15) is 34.0 Å². The zero-order valence-corrected chi connectivity index (χ0v) is 10.2. The molecule has 0 fully saturated rings. The van der Waals surface area contributed by atoms with Crippen molar-refractivity contribution in [1.29, 1.82) is 0 Å². The van der Waals surface area contributed by atoms with Gasteiger partial charge in [-0.1, -0.05) is 30.3 Å². The summed E-state index contributed by atoms with van der Waals surface area (Å²) in [4.78, 5) is 19.4. The maximum Gasteiger partial charge on any atom is 0.163 e. The summed E-state index contributed by atoms with van der Waals surface area (Å²) < 4.78 is 0. The number of nitrogens with one attached hydrogen (secondary N) is 1. The Morgan fingerprint density at radius 2 is 1.94 bits per heavy atom. The Labute approximate surface area is 101 Å². The van der Waals surface area contributed by atoms with Crippen LogP contribution in [0.4, 0.5) is 0 Å². The molecule has 0 amide bonds. The third-order valence-electron chi connectivity index (χ3n) is 2.79. The topological polar surface area (TPSA) is 45.8 Å². The highest BCUT2D eigenvalue weighted by molar-refractivity contribution is 5.96. The fraction of sp³-hybridized carbons (Fsp3) is 0.286. The van der Waals surface area contributed by atoms with Gasteiger partial charge < -0.3 is 4.98 Å². The van der Waals surface area contributed by atoms with Crippen LogP contribution in [0.3, 0.4) is 0 Å². The summed E-state index contributed by atoms with van der Waals surface area (Å²) >= 11 is 0.